The van der Waals surface area contributed by atoms with E-state index in [0.29, 0.717) is 19.3 Å². The van der Waals surface area contributed by atoms with Gasteiger partial charge in [0.1, 0.15) is 13.2 Å². The van der Waals surface area contributed by atoms with E-state index in [9.17, 15) is 14.4 Å². The first-order valence-corrected chi connectivity index (χ1v) is 29.8. The molecule has 6 nitrogen and oxygen atoms in total. The average molecular weight is 966 g/mol. The molecule has 69 heavy (non-hydrogen) atoms. The number of ether oxygens (including phenoxy) is 3. The molecular formula is C63H112O6. The van der Waals surface area contributed by atoms with Crippen molar-refractivity contribution in [1.82, 2.24) is 0 Å². The summed E-state index contributed by atoms with van der Waals surface area (Å²) in [5.74, 6) is -0.894. The summed E-state index contributed by atoms with van der Waals surface area (Å²) in [5, 5.41) is 0. The molecule has 1 unspecified atom stereocenters. The molecule has 0 aromatic rings. The Labute approximate surface area is 428 Å². The summed E-state index contributed by atoms with van der Waals surface area (Å²) >= 11 is 0. The van der Waals surface area contributed by atoms with Crippen LogP contribution >= 0.6 is 0 Å². The summed E-state index contributed by atoms with van der Waals surface area (Å²) in [4.78, 5) is 38.2. The number of esters is 3. The summed E-state index contributed by atoms with van der Waals surface area (Å²) < 4.78 is 16.9. The second-order valence-electron chi connectivity index (χ2n) is 19.9. The number of unbranched alkanes of at least 4 members (excludes halogenated alkanes) is 34. The van der Waals surface area contributed by atoms with Gasteiger partial charge in [-0.1, -0.05) is 242 Å². The van der Waals surface area contributed by atoms with Crippen LogP contribution in [0.2, 0.25) is 0 Å². The topological polar surface area (TPSA) is 78.9 Å². The molecule has 0 saturated carbocycles. The van der Waals surface area contributed by atoms with Crippen LogP contribution in [0.5, 0.6) is 0 Å². The number of carbonyl (C=O) groups is 3. The van der Waals surface area contributed by atoms with Crippen molar-refractivity contribution in [3.8, 4) is 0 Å². The van der Waals surface area contributed by atoms with Crippen molar-refractivity contribution in [2.24, 2.45) is 0 Å². The van der Waals surface area contributed by atoms with Crippen LogP contribution in [-0.4, -0.2) is 37.2 Å². The van der Waals surface area contributed by atoms with Gasteiger partial charge in [-0.3, -0.25) is 14.4 Å². The number of carbonyl (C=O) groups excluding carboxylic acids is 3. The molecule has 0 radical (unpaired) electrons. The van der Waals surface area contributed by atoms with Gasteiger partial charge in [0.2, 0.25) is 0 Å². The van der Waals surface area contributed by atoms with E-state index in [1.807, 2.05) is 0 Å². The minimum Gasteiger partial charge on any atom is -0.462 e. The van der Waals surface area contributed by atoms with Gasteiger partial charge in [0.05, 0.1) is 0 Å². The second kappa shape index (κ2) is 57.7. The first-order valence-electron chi connectivity index (χ1n) is 29.8. The standard InChI is InChI=1S/C63H112O6/c1-4-7-10-13-16-19-22-25-28-30-31-33-35-38-41-44-47-50-53-56-62(65)68-59-60(58-67-61(64)55-52-49-46-43-40-37-34-27-24-21-18-15-12-9-6-3)69-63(66)57-54-51-48-45-42-39-36-32-29-26-23-20-17-14-11-8-5-2/h17-18,20-21,24,26-27,29-31,60H,4-16,19,22-23,25,28,32-59H2,1-3H3/b20-17-,21-18-,27-24-,29-26-,31-30-. The number of rotatable bonds is 54. The third-order valence-electron chi connectivity index (χ3n) is 13.0. The first-order chi connectivity index (χ1) is 34.0. The van der Waals surface area contributed by atoms with E-state index in [2.05, 4.69) is 81.5 Å². The monoisotopic (exact) mass is 965 g/mol. The van der Waals surface area contributed by atoms with Gasteiger partial charge in [-0.25, -0.2) is 0 Å². The molecule has 0 aliphatic rings. The molecule has 0 rings (SSSR count). The molecule has 0 bridgehead atoms. The van der Waals surface area contributed by atoms with Gasteiger partial charge in [-0.2, -0.15) is 0 Å². The fraction of sp³-hybridized carbons (Fsp3) is 0.794. The molecule has 0 amide bonds. The number of hydrogen-bond acceptors (Lipinski definition) is 6. The minimum absolute atomic E-state index is 0.0825. The Morgan fingerprint density at radius 1 is 0.304 bits per heavy atom. The van der Waals surface area contributed by atoms with Crippen molar-refractivity contribution >= 4 is 17.9 Å². The maximum absolute atomic E-state index is 12.9. The Bertz CT molecular complexity index is 1250. The molecule has 6 heteroatoms. The highest BCUT2D eigenvalue weighted by Gasteiger charge is 2.19. The van der Waals surface area contributed by atoms with Crippen LogP contribution in [0.25, 0.3) is 0 Å². The van der Waals surface area contributed by atoms with Crippen LogP contribution in [0.3, 0.4) is 0 Å². The second-order valence-corrected chi connectivity index (χ2v) is 19.9. The molecule has 0 fully saturated rings. The minimum atomic E-state index is -0.785. The summed E-state index contributed by atoms with van der Waals surface area (Å²) in [6.07, 6.45) is 72.0. The lowest BCUT2D eigenvalue weighted by atomic mass is 10.1. The smallest absolute Gasteiger partial charge is 0.306 e. The van der Waals surface area contributed by atoms with Gasteiger partial charge in [-0.05, 0) is 103 Å². The Balaban J connectivity index is 4.39. The third kappa shape index (κ3) is 55.9. The molecule has 1 atom stereocenters. The van der Waals surface area contributed by atoms with Crippen LogP contribution < -0.4 is 0 Å². The Hall–Kier alpha value is -2.89. The van der Waals surface area contributed by atoms with Gasteiger partial charge in [0, 0.05) is 19.3 Å². The van der Waals surface area contributed by atoms with Crippen LogP contribution in [0.15, 0.2) is 60.8 Å². The summed E-state index contributed by atoms with van der Waals surface area (Å²) in [6, 6.07) is 0. The zero-order chi connectivity index (χ0) is 50.0. The Morgan fingerprint density at radius 2 is 0.565 bits per heavy atom. The van der Waals surface area contributed by atoms with Crippen LogP contribution in [0.1, 0.15) is 303 Å². The SMILES string of the molecule is CCCCC/C=C\C=C/CCCCCCCCC(=O)OCC(COC(=O)CCCCCCCCC/C=C\CCCCCCCCCC)OC(=O)CCCCCCCCC/C=C\C/C=C\CCCCC. The zero-order valence-corrected chi connectivity index (χ0v) is 45.8. The quantitative estimate of drug-likeness (QED) is 0.0199. The van der Waals surface area contributed by atoms with Crippen molar-refractivity contribution < 1.29 is 28.6 Å². The molecule has 0 aromatic carbocycles. The molecule has 0 aliphatic heterocycles. The van der Waals surface area contributed by atoms with Crippen molar-refractivity contribution in [3.63, 3.8) is 0 Å². The van der Waals surface area contributed by atoms with Gasteiger partial charge < -0.3 is 14.2 Å². The lowest BCUT2D eigenvalue weighted by Crippen LogP contribution is -2.30. The van der Waals surface area contributed by atoms with Crippen molar-refractivity contribution in [2.45, 2.75) is 309 Å². The highest BCUT2D eigenvalue weighted by Crippen LogP contribution is 2.15. The van der Waals surface area contributed by atoms with E-state index < -0.39 is 6.10 Å². The summed E-state index contributed by atoms with van der Waals surface area (Å²) in [6.45, 7) is 6.59. The van der Waals surface area contributed by atoms with E-state index >= 15 is 0 Å². The van der Waals surface area contributed by atoms with Crippen LogP contribution in [0.4, 0.5) is 0 Å². The van der Waals surface area contributed by atoms with Crippen molar-refractivity contribution in [3.05, 3.63) is 60.8 Å². The summed E-state index contributed by atoms with van der Waals surface area (Å²) in [7, 11) is 0. The molecular weight excluding hydrogens is 853 g/mol. The van der Waals surface area contributed by atoms with E-state index in [1.165, 1.54) is 186 Å². The van der Waals surface area contributed by atoms with Crippen LogP contribution in [-0.2, 0) is 28.6 Å². The van der Waals surface area contributed by atoms with Crippen LogP contribution in [0, 0.1) is 0 Å². The predicted octanol–water partition coefficient (Wildman–Crippen LogP) is 20.0. The van der Waals surface area contributed by atoms with E-state index in [1.54, 1.807) is 0 Å². The highest BCUT2D eigenvalue weighted by atomic mass is 16.6. The summed E-state index contributed by atoms with van der Waals surface area (Å²) in [5.41, 5.74) is 0. The van der Waals surface area contributed by atoms with Crippen molar-refractivity contribution in [2.75, 3.05) is 13.2 Å². The first kappa shape index (κ1) is 66.1. The molecule has 0 aromatic heterocycles. The largest absolute Gasteiger partial charge is 0.462 e. The van der Waals surface area contributed by atoms with Crippen molar-refractivity contribution in [1.29, 1.82) is 0 Å². The number of hydrogen-bond donors (Lipinski definition) is 0. The molecule has 0 saturated heterocycles. The van der Waals surface area contributed by atoms with Gasteiger partial charge in [0.15, 0.2) is 6.10 Å². The van der Waals surface area contributed by atoms with E-state index in [-0.39, 0.29) is 31.1 Å². The fourth-order valence-corrected chi connectivity index (χ4v) is 8.46. The maximum atomic E-state index is 12.9. The van der Waals surface area contributed by atoms with E-state index in [0.717, 1.165) is 77.0 Å². The predicted molar refractivity (Wildman–Crippen MR) is 298 cm³/mol. The third-order valence-corrected chi connectivity index (χ3v) is 13.0. The average Bonchev–Trinajstić information content (AvgIpc) is 3.35. The zero-order valence-electron chi connectivity index (χ0n) is 45.8. The molecule has 400 valence electrons. The normalized spacial score (nSPS) is 12.4. The molecule has 0 N–H and O–H groups in total. The maximum Gasteiger partial charge on any atom is 0.306 e. The van der Waals surface area contributed by atoms with Gasteiger partial charge >= 0.3 is 17.9 Å². The molecule has 0 heterocycles. The Kier molecular flexibility index (Phi) is 55.3. The van der Waals surface area contributed by atoms with E-state index in [4.69, 9.17) is 14.2 Å². The van der Waals surface area contributed by atoms with Gasteiger partial charge in [0.25, 0.3) is 0 Å². The lowest BCUT2D eigenvalue weighted by molar-refractivity contribution is -0.167. The molecule has 0 aliphatic carbocycles. The molecule has 0 spiro atoms. The van der Waals surface area contributed by atoms with Gasteiger partial charge in [-0.15, -0.1) is 0 Å². The Morgan fingerprint density at radius 3 is 0.928 bits per heavy atom. The fourth-order valence-electron chi connectivity index (χ4n) is 8.46. The highest BCUT2D eigenvalue weighted by molar-refractivity contribution is 5.71. The number of allylic oxidation sites excluding steroid dienone is 10. The lowest BCUT2D eigenvalue weighted by Gasteiger charge is -2.18.